The summed E-state index contributed by atoms with van der Waals surface area (Å²) in [5.74, 6) is -0.262. The summed E-state index contributed by atoms with van der Waals surface area (Å²) in [4.78, 5) is 14.5. The van der Waals surface area contributed by atoms with Gasteiger partial charge in [-0.3, -0.25) is 0 Å². The van der Waals surface area contributed by atoms with E-state index in [9.17, 15) is 4.79 Å². The molecule has 21 heavy (non-hydrogen) atoms. The molecule has 1 aromatic carbocycles. The summed E-state index contributed by atoms with van der Waals surface area (Å²) in [6.45, 7) is 1.43. The van der Waals surface area contributed by atoms with Gasteiger partial charge in [-0.2, -0.15) is 0 Å². The zero-order chi connectivity index (χ0) is 15.1. The van der Waals surface area contributed by atoms with Crippen molar-refractivity contribution < 1.29 is 14.6 Å². The van der Waals surface area contributed by atoms with E-state index in [0.717, 1.165) is 29.1 Å². The van der Waals surface area contributed by atoms with Gasteiger partial charge in [0.15, 0.2) is 0 Å². The minimum atomic E-state index is -0.978. The highest BCUT2D eigenvalue weighted by Crippen LogP contribution is 2.24. The largest absolute Gasteiger partial charge is 0.494 e. The summed E-state index contributed by atoms with van der Waals surface area (Å²) in [6, 6.07) is 5.49. The zero-order valence-corrected chi connectivity index (χ0v) is 12.9. The smallest absolute Gasteiger partial charge is 0.328 e. The van der Waals surface area contributed by atoms with E-state index in [1.807, 2.05) is 22.9 Å². The van der Waals surface area contributed by atoms with Gasteiger partial charge in [0.25, 0.3) is 0 Å². The number of aliphatic carboxylic acids is 1. The average molecular weight is 351 g/mol. The third kappa shape index (κ3) is 5.07. The van der Waals surface area contributed by atoms with Gasteiger partial charge in [-0.15, -0.1) is 0 Å². The van der Waals surface area contributed by atoms with E-state index in [4.69, 9.17) is 9.84 Å². The fraction of sp³-hybridized carbons (Fsp3) is 0.200. The lowest BCUT2D eigenvalue weighted by molar-refractivity contribution is -0.131. The quantitative estimate of drug-likeness (QED) is 0.615. The molecule has 110 valence electrons. The lowest BCUT2D eigenvalue weighted by Crippen LogP contribution is -2.03. The average Bonchev–Trinajstić information content (AvgIpc) is 2.97. The minimum absolute atomic E-state index is 0.585. The normalized spacial score (nSPS) is 10.9. The number of carbonyl (C=O) groups is 1. The summed E-state index contributed by atoms with van der Waals surface area (Å²) < 4.78 is 8.49. The lowest BCUT2D eigenvalue weighted by Gasteiger charge is -2.08. The first-order valence-electron chi connectivity index (χ1n) is 6.44. The van der Waals surface area contributed by atoms with Gasteiger partial charge in [-0.05, 0) is 36.3 Å². The Labute approximate surface area is 131 Å². The second kappa shape index (κ2) is 7.64. The van der Waals surface area contributed by atoms with Gasteiger partial charge in [-0.1, -0.05) is 15.9 Å². The van der Waals surface area contributed by atoms with E-state index < -0.39 is 5.97 Å². The predicted molar refractivity (Wildman–Crippen MR) is 83.2 cm³/mol. The summed E-state index contributed by atoms with van der Waals surface area (Å²) in [6.07, 6.45) is 8.93. The SMILES string of the molecule is O=C(O)/C=C/c1cc(OCCCn2ccnc2)ccc1Br. The van der Waals surface area contributed by atoms with Crippen LogP contribution >= 0.6 is 15.9 Å². The molecule has 0 radical (unpaired) electrons. The number of rotatable bonds is 7. The highest BCUT2D eigenvalue weighted by molar-refractivity contribution is 9.10. The van der Waals surface area contributed by atoms with Gasteiger partial charge in [0.1, 0.15) is 5.75 Å². The molecule has 0 saturated carbocycles. The molecule has 0 aliphatic heterocycles. The molecule has 0 fully saturated rings. The van der Waals surface area contributed by atoms with Gasteiger partial charge in [0.05, 0.1) is 12.9 Å². The summed E-state index contributed by atoms with van der Waals surface area (Å²) in [5, 5.41) is 8.66. The van der Waals surface area contributed by atoms with Crippen molar-refractivity contribution in [3.8, 4) is 5.75 Å². The monoisotopic (exact) mass is 350 g/mol. The Hall–Kier alpha value is -2.08. The molecule has 1 aromatic heterocycles. The second-order valence-corrected chi connectivity index (χ2v) is 5.21. The van der Waals surface area contributed by atoms with Crippen LogP contribution < -0.4 is 4.74 Å². The molecule has 5 nitrogen and oxygen atoms in total. The second-order valence-electron chi connectivity index (χ2n) is 4.36. The fourth-order valence-corrected chi connectivity index (χ4v) is 2.14. The van der Waals surface area contributed by atoms with Gasteiger partial charge < -0.3 is 14.4 Å². The molecule has 0 aliphatic rings. The number of imidazole rings is 1. The van der Waals surface area contributed by atoms with Crippen LogP contribution in [0.3, 0.4) is 0 Å². The highest BCUT2D eigenvalue weighted by Gasteiger charge is 2.01. The maximum absolute atomic E-state index is 10.6. The van der Waals surface area contributed by atoms with Crippen LogP contribution in [-0.2, 0) is 11.3 Å². The van der Waals surface area contributed by atoms with Crippen molar-refractivity contribution in [2.24, 2.45) is 0 Å². The Bertz CT molecular complexity index is 624. The van der Waals surface area contributed by atoms with Crippen molar-refractivity contribution in [3.05, 3.63) is 53.0 Å². The van der Waals surface area contributed by atoms with Crippen LogP contribution in [0.2, 0.25) is 0 Å². The number of aromatic nitrogens is 2. The van der Waals surface area contributed by atoms with E-state index in [2.05, 4.69) is 20.9 Å². The number of hydrogen-bond donors (Lipinski definition) is 1. The molecule has 0 unspecified atom stereocenters. The van der Waals surface area contributed by atoms with E-state index >= 15 is 0 Å². The van der Waals surface area contributed by atoms with Crippen LogP contribution in [0.1, 0.15) is 12.0 Å². The predicted octanol–water partition coefficient (Wildman–Crippen LogP) is 3.21. The zero-order valence-electron chi connectivity index (χ0n) is 11.3. The molecule has 6 heteroatoms. The Morgan fingerprint density at radius 3 is 3.05 bits per heavy atom. The maximum Gasteiger partial charge on any atom is 0.328 e. The lowest BCUT2D eigenvalue weighted by atomic mass is 10.2. The number of benzene rings is 1. The number of aryl methyl sites for hydroxylation is 1. The standard InChI is InChI=1S/C15H15BrN2O3/c16-14-4-3-13(10-12(14)2-5-15(19)20)21-9-1-7-18-8-6-17-11-18/h2-6,8,10-11H,1,7,9H2,(H,19,20)/b5-2+. The topological polar surface area (TPSA) is 64.3 Å². The number of hydrogen-bond acceptors (Lipinski definition) is 3. The molecule has 1 heterocycles. The van der Waals surface area contributed by atoms with Crippen LogP contribution in [0.15, 0.2) is 47.5 Å². The Balaban J connectivity index is 1.88. The Morgan fingerprint density at radius 1 is 1.48 bits per heavy atom. The molecule has 2 rings (SSSR count). The molecule has 0 aliphatic carbocycles. The van der Waals surface area contributed by atoms with Crippen LogP contribution in [0.5, 0.6) is 5.75 Å². The number of ether oxygens (including phenoxy) is 1. The summed E-state index contributed by atoms with van der Waals surface area (Å²) >= 11 is 3.38. The van der Waals surface area contributed by atoms with Crippen LogP contribution in [0, 0.1) is 0 Å². The first-order valence-corrected chi connectivity index (χ1v) is 7.23. The van der Waals surface area contributed by atoms with E-state index in [0.29, 0.717) is 12.4 Å². The van der Waals surface area contributed by atoms with Gasteiger partial charge in [0, 0.05) is 29.5 Å². The maximum atomic E-state index is 10.6. The molecule has 0 atom stereocenters. The van der Waals surface area contributed by atoms with Crippen LogP contribution in [0.4, 0.5) is 0 Å². The number of carboxylic acids is 1. The van der Waals surface area contributed by atoms with Gasteiger partial charge >= 0.3 is 5.97 Å². The third-order valence-corrected chi connectivity index (χ3v) is 3.48. The minimum Gasteiger partial charge on any atom is -0.494 e. The van der Waals surface area contributed by atoms with Crippen molar-refractivity contribution in [2.45, 2.75) is 13.0 Å². The Morgan fingerprint density at radius 2 is 2.33 bits per heavy atom. The molecule has 0 bridgehead atoms. The van der Waals surface area contributed by atoms with Crippen molar-refractivity contribution in [1.82, 2.24) is 9.55 Å². The summed E-state index contributed by atoms with van der Waals surface area (Å²) in [5.41, 5.74) is 0.768. The summed E-state index contributed by atoms with van der Waals surface area (Å²) in [7, 11) is 0. The van der Waals surface area contributed by atoms with Crippen molar-refractivity contribution in [1.29, 1.82) is 0 Å². The van der Waals surface area contributed by atoms with Gasteiger partial charge in [0.2, 0.25) is 0 Å². The third-order valence-electron chi connectivity index (χ3n) is 2.76. The van der Waals surface area contributed by atoms with Gasteiger partial charge in [-0.25, -0.2) is 9.78 Å². The number of nitrogens with zero attached hydrogens (tertiary/aromatic N) is 2. The first kappa shape index (κ1) is 15.3. The van der Waals surface area contributed by atoms with Crippen molar-refractivity contribution in [3.63, 3.8) is 0 Å². The molecule has 1 N–H and O–H groups in total. The molecule has 0 spiro atoms. The number of carboxylic acid groups (broad SMARTS) is 1. The fourth-order valence-electron chi connectivity index (χ4n) is 1.76. The molecule has 2 aromatic rings. The first-order chi connectivity index (χ1) is 10.1. The van der Waals surface area contributed by atoms with E-state index in [1.165, 1.54) is 6.08 Å². The molecular formula is C15H15BrN2O3. The van der Waals surface area contributed by atoms with E-state index in [1.54, 1.807) is 18.6 Å². The van der Waals surface area contributed by atoms with Crippen LogP contribution in [-0.4, -0.2) is 27.2 Å². The van der Waals surface area contributed by atoms with Crippen molar-refractivity contribution in [2.75, 3.05) is 6.61 Å². The number of halogens is 1. The van der Waals surface area contributed by atoms with Crippen LogP contribution in [0.25, 0.3) is 6.08 Å². The van der Waals surface area contributed by atoms with E-state index in [-0.39, 0.29) is 0 Å². The molecule has 0 saturated heterocycles. The Kier molecular flexibility index (Phi) is 5.57. The van der Waals surface area contributed by atoms with Crippen molar-refractivity contribution >= 4 is 28.0 Å². The highest BCUT2D eigenvalue weighted by atomic mass is 79.9. The molecular weight excluding hydrogens is 336 g/mol. The molecule has 0 amide bonds.